The topological polar surface area (TPSA) is 22.1 Å². The highest BCUT2D eigenvalue weighted by Crippen LogP contribution is 2.32. The van der Waals surface area contributed by atoms with Gasteiger partial charge >= 0.3 is 0 Å². The summed E-state index contributed by atoms with van der Waals surface area (Å²) in [6.07, 6.45) is 5.70. The Bertz CT molecular complexity index is 299. The summed E-state index contributed by atoms with van der Waals surface area (Å²) in [7, 11) is 0. The van der Waals surface area contributed by atoms with Gasteiger partial charge in [-0.05, 0) is 30.0 Å². The van der Waals surface area contributed by atoms with E-state index < -0.39 is 0 Å². The number of nitrogens with zero attached hydrogens (tertiary/aromatic N) is 1. The van der Waals surface area contributed by atoms with E-state index in [0.717, 1.165) is 18.1 Å². The van der Waals surface area contributed by atoms with Crippen LogP contribution in [0.3, 0.4) is 0 Å². The number of hydrogen-bond acceptors (Lipinski definition) is 2. The van der Waals surface area contributed by atoms with E-state index in [4.69, 9.17) is 16.3 Å². The molecule has 76 valence electrons. The summed E-state index contributed by atoms with van der Waals surface area (Å²) in [6, 6.07) is 3.78. The zero-order chi connectivity index (χ0) is 9.80. The van der Waals surface area contributed by atoms with Crippen molar-refractivity contribution in [3.63, 3.8) is 0 Å². The lowest BCUT2D eigenvalue weighted by Gasteiger charge is -2.03. The van der Waals surface area contributed by atoms with Crippen molar-refractivity contribution < 1.29 is 4.74 Å². The fourth-order valence-corrected chi connectivity index (χ4v) is 1.58. The van der Waals surface area contributed by atoms with E-state index in [2.05, 4.69) is 4.98 Å². The Labute approximate surface area is 89.3 Å². The predicted octanol–water partition coefficient (Wildman–Crippen LogP) is 3.05. The first kappa shape index (κ1) is 9.94. The Morgan fingerprint density at radius 2 is 2.36 bits per heavy atom. The van der Waals surface area contributed by atoms with Crippen LogP contribution in [0.2, 0.25) is 5.15 Å². The number of aromatic nitrogens is 1. The fourth-order valence-electron chi connectivity index (χ4n) is 1.38. The number of hydrogen-bond donors (Lipinski definition) is 0. The SMILES string of the molecule is Clc1cc(COCCC2CC2)ccn1. The second-order valence-electron chi connectivity index (χ2n) is 3.77. The Morgan fingerprint density at radius 1 is 1.50 bits per heavy atom. The van der Waals surface area contributed by atoms with Crippen LogP contribution in [-0.2, 0) is 11.3 Å². The summed E-state index contributed by atoms with van der Waals surface area (Å²) in [5, 5.41) is 0.535. The molecule has 1 aliphatic rings. The Morgan fingerprint density at radius 3 is 3.07 bits per heavy atom. The molecule has 1 heterocycles. The molecular formula is C11H14ClNO. The molecule has 3 heteroatoms. The number of ether oxygens (including phenoxy) is 1. The summed E-state index contributed by atoms with van der Waals surface area (Å²) < 4.78 is 5.54. The van der Waals surface area contributed by atoms with E-state index in [9.17, 15) is 0 Å². The van der Waals surface area contributed by atoms with Crippen molar-refractivity contribution >= 4 is 11.6 Å². The van der Waals surface area contributed by atoms with Crippen molar-refractivity contribution in [1.29, 1.82) is 0 Å². The molecule has 0 amide bonds. The zero-order valence-electron chi connectivity index (χ0n) is 8.08. The third-order valence-corrected chi connectivity index (χ3v) is 2.63. The highest BCUT2D eigenvalue weighted by molar-refractivity contribution is 6.29. The van der Waals surface area contributed by atoms with E-state index in [-0.39, 0.29) is 0 Å². The van der Waals surface area contributed by atoms with Crippen LogP contribution < -0.4 is 0 Å². The van der Waals surface area contributed by atoms with E-state index in [1.165, 1.54) is 19.3 Å². The number of pyridine rings is 1. The quantitative estimate of drug-likeness (QED) is 0.552. The molecule has 0 atom stereocenters. The molecule has 14 heavy (non-hydrogen) atoms. The first-order valence-corrected chi connectivity index (χ1v) is 5.40. The van der Waals surface area contributed by atoms with E-state index in [1.54, 1.807) is 6.20 Å². The molecule has 1 aliphatic carbocycles. The van der Waals surface area contributed by atoms with Crippen LogP contribution in [0.15, 0.2) is 18.3 Å². The zero-order valence-corrected chi connectivity index (χ0v) is 8.83. The van der Waals surface area contributed by atoms with Crippen molar-refractivity contribution in [3.8, 4) is 0 Å². The van der Waals surface area contributed by atoms with Crippen molar-refractivity contribution in [2.24, 2.45) is 5.92 Å². The summed E-state index contributed by atoms with van der Waals surface area (Å²) in [5.41, 5.74) is 1.10. The van der Waals surface area contributed by atoms with Gasteiger partial charge in [-0.25, -0.2) is 4.98 Å². The number of halogens is 1. The average Bonchev–Trinajstić information content (AvgIpc) is 2.96. The average molecular weight is 212 g/mol. The van der Waals surface area contributed by atoms with Gasteiger partial charge in [-0.1, -0.05) is 24.4 Å². The van der Waals surface area contributed by atoms with E-state index in [0.29, 0.717) is 11.8 Å². The summed E-state index contributed by atoms with van der Waals surface area (Å²) in [5.74, 6) is 0.941. The Kier molecular flexibility index (Phi) is 3.38. The minimum absolute atomic E-state index is 0.535. The molecule has 0 unspecified atom stereocenters. The van der Waals surface area contributed by atoms with Crippen LogP contribution in [0.5, 0.6) is 0 Å². The molecule has 0 aromatic carbocycles. The first-order chi connectivity index (χ1) is 6.84. The molecular weight excluding hydrogens is 198 g/mol. The maximum Gasteiger partial charge on any atom is 0.129 e. The Balaban J connectivity index is 1.68. The molecule has 0 N–H and O–H groups in total. The molecule has 1 saturated carbocycles. The molecule has 1 fully saturated rings. The highest BCUT2D eigenvalue weighted by atomic mass is 35.5. The third-order valence-electron chi connectivity index (χ3n) is 2.43. The minimum atomic E-state index is 0.535. The molecule has 0 spiro atoms. The van der Waals surface area contributed by atoms with Crippen LogP contribution in [0.25, 0.3) is 0 Å². The van der Waals surface area contributed by atoms with Gasteiger partial charge < -0.3 is 4.74 Å². The van der Waals surface area contributed by atoms with Crippen LogP contribution in [0.1, 0.15) is 24.8 Å². The highest BCUT2D eigenvalue weighted by Gasteiger charge is 2.20. The van der Waals surface area contributed by atoms with Crippen molar-refractivity contribution in [1.82, 2.24) is 4.98 Å². The second-order valence-corrected chi connectivity index (χ2v) is 4.16. The van der Waals surface area contributed by atoms with Gasteiger partial charge in [0.25, 0.3) is 0 Å². The standard InChI is InChI=1S/C11H14ClNO/c12-11-7-10(3-5-13-11)8-14-6-4-9-1-2-9/h3,5,7,9H,1-2,4,6,8H2. The molecule has 0 saturated heterocycles. The molecule has 2 nitrogen and oxygen atoms in total. The first-order valence-electron chi connectivity index (χ1n) is 5.03. The molecule has 0 radical (unpaired) electrons. The summed E-state index contributed by atoms with van der Waals surface area (Å²) in [4.78, 5) is 3.92. The van der Waals surface area contributed by atoms with Gasteiger partial charge in [-0.2, -0.15) is 0 Å². The normalized spacial score (nSPS) is 15.8. The fraction of sp³-hybridized carbons (Fsp3) is 0.545. The van der Waals surface area contributed by atoms with Crippen LogP contribution in [-0.4, -0.2) is 11.6 Å². The smallest absolute Gasteiger partial charge is 0.129 e. The van der Waals surface area contributed by atoms with Gasteiger partial charge in [0.05, 0.1) is 6.61 Å². The van der Waals surface area contributed by atoms with Gasteiger partial charge in [0.1, 0.15) is 5.15 Å². The van der Waals surface area contributed by atoms with Gasteiger partial charge in [0.2, 0.25) is 0 Å². The molecule has 2 rings (SSSR count). The molecule has 0 aliphatic heterocycles. The largest absolute Gasteiger partial charge is 0.377 e. The van der Waals surface area contributed by atoms with Gasteiger partial charge in [0, 0.05) is 12.8 Å². The van der Waals surface area contributed by atoms with Crippen molar-refractivity contribution in [2.75, 3.05) is 6.61 Å². The van der Waals surface area contributed by atoms with Crippen LogP contribution >= 0.6 is 11.6 Å². The molecule has 1 aromatic heterocycles. The Hall–Kier alpha value is -0.600. The van der Waals surface area contributed by atoms with Crippen LogP contribution in [0.4, 0.5) is 0 Å². The lowest BCUT2D eigenvalue weighted by Crippen LogP contribution is -1.96. The van der Waals surface area contributed by atoms with E-state index in [1.807, 2.05) is 12.1 Å². The molecule has 0 bridgehead atoms. The monoisotopic (exact) mass is 211 g/mol. The maximum absolute atomic E-state index is 5.75. The third kappa shape index (κ3) is 3.28. The minimum Gasteiger partial charge on any atom is -0.377 e. The van der Waals surface area contributed by atoms with Crippen molar-refractivity contribution in [3.05, 3.63) is 29.0 Å². The van der Waals surface area contributed by atoms with E-state index >= 15 is 0 Å². The van der Waals surface area contributed by atoms with Gasteiger partial charge in [0.15, 0.2) is 0 Å². The lowest BCUT2D eigenvalue weighted by molar-refractivity contribution is 0.115. The van der Waals surface area contributed by atoms with Gasteiger partial charge in [-0.15, -0.1) is 0 Å². The van der Waals surface area contributed by atoms with Gasteiger partial charge in [-0.3, -0.25) is 0 Å². The summed E-state index contributed by atoms with van der Waals surface area (Å²) >= 11 is 5.75. The van der Waals surface area contributed by atoms with Crippen molar-refractivity contribution in [2.45, 2.75) is 25.9 Å². The second kappa shape index (κ2) is 4.76. The van der Waals surface area contributed by atoms with Crippen LogP contribution in [0, 0.1) is 5.92 Å². The lowest BCUT2D eigenvalue weighted by atomic mass is 10.3. The summed E-state index contributed by atoms with van der Waals surface area (Å²) in [6.45, 7) is 1.51. The maximum atomic E-state index is 5.75. The molecule has 1 aromatic rings. The predicted molar refractivity (Wildman–Crippen MR) is 56.2 cm³/mol. The number of rotatable bonds is 5.